The summed E-state index contributed by atoms with van der Waals surface area (Å²) in [6.07, 6.45) is 0. The molecule has 0 spiro atoms. The fourth-order valence-corrected chi connectivity index (χ4v) is 2.56. The van der Waals surface area contributed by atoms with Crippen LogP contribution in [0.25, 0.3) is 0 Å². The van der Waals surface area contributed by atoms with E-state index in [2.05, 4.69) is 11.8 Å². The molecule has 1 aromatic carbocycles. The predicted octanol–water partition coefficient (Wildman–Crippen LogP) is 1.39. The lowest BCUT2D eigenvalue weighted by atomic mass is 9.88. The maximum Gasteiger partial charge on any atom is 0.308 e. The molecule has 1 saturated heterocycles. The van der Waals surface area contributed by atoms with Gasteiger partial charge in [-0.15, -0.1) is 0 Å². The second-order valence-electron chi connectivity index (χ2n) is 4.53. The molecule has 17 heavy (non-hydrogen) atoms. The van der Waals surface area contributed by atoms with Crippen LogP contribution in [0.5, 0.6) is 0 Å². The number of carbonyl (C=O) groups is 1. The number of anilines is 1. The molecule has 1 fully saturated rings. The van der Waals surface area contributed by atoms with Crippen LogP contribution in [-0.4, -0.2) is 35.6 Å². The Kier molecular flexibility index (Phi) is 3.33. The van der Waals surface area contributed by atoms with Crippen molar-refractivity contribution >= 4 is 11.7 Å². The molecule has 2 unspecified atom stereocenters. The fraction of sp³-hybridized carbons (Fsp3) is 0.462. The molecule has 0 radical (unpaired) electrons. The molecule has 1 heterocycles. The molecule has 3 N–H and O–H groups in total. The molecule has 0 saturated carbocycles. The summed E-state index contributed by atoms with van der Waals surface area (Å²) in [5, 5.41) is 9.28. The summed E-state index contributed by atoms with van der Waals surface area (Å²) >= 11 is 0. The Bertz CT molecular complexity index is 420. The van der Waals surface area contributed by atoms with Crippen molar-refractivity contribution in [3.63, 3.8) is 0 Å². The van der Waals surface area contributed by atoms with Gasteiger partial charge in [0.2, 0.25) is 0 Å². The molecule has 0 bridgehead atoms. The molecule has 1 aliphatic heterocycles. The van der Waals surface area contributed by atoms with E-state index in [1.807, 2.05) is 24.3 Å². The van der Waals surface area contributed by atoms with Crippen molar-refractivity contribution in [2.75, 3.05) is 25.4 Å². The predicted molar refractivity (Wildman–Crippen MR) is 66.8 cm³/mol. The molecule has 2 rings (SSSR count). The van der Waals surface area contributed by atoms with Gasteiger partial charge >= 0.3 is 5.97 Å². The van der Waals surface area contributed by atoms with Crippen molar-refractivity contribution in [3.8, 4) is 0 Å². The maximum absolute atomic E-state index is 11.3. The van der Waals surface area contributed by atoms with E-state index in [1.165, 1.54) is 0 Å². The van der Waals surface area contributed by atoms with Gasteiger partial charge in [0, 0.05) is 24.7 Å². The zero-order valence-electron chi connectivity index (χ0n) is 9.97. The van der Waals surface area contributed by atoms with Crippen molar-refractivity contribution in [2.45, 2.75) is 12.8 Å². The Morgan fingerprint density at radius 2 is 2.18 bits per heavy atom. The summed E-state index contributed by atoms with van der Waals surface area (Å²) in [5.74, 6) is -1.07. The van der Waals surface area contributed by atoms with Gasteiger partial charge in [0.05, 0.1) is 5.92 Å². The van der Waals surface area contributed by atoms with Gasteiger partial charge in [0.15, 0.2) is 0 Å². The van der Waals surface area contributed by atoms with Crippen LogP contribution in [0.2, 0.25) is 0 Å². The first-order chi connectivity index (χ1) is 8.13. The number of rotatable bonds is 3. The van der Waals surface area contributed by atoms with E-state index in [4.69, 9.17) is 5.73 Å². The quantitative estimate of drug-likeness (QED) is 0.776. The highest BCUT2D eigenvalue weighted by atomic mass is 16.4. The molecular formula is C13H18N2O2. The van der Waals surface area contributed by atoms with Crippen LogP contribution >= 0.6 is 0 Å². The average molecular weight is 234 g/mol. The third kappa shape index (κ3) is 2.26. The smallest absolute Gasteiger partial charge is 0.308 e. The average Bonchev–Trinajstić information content (AvgIpc) is 2.73. The minimum atomic E-state index is -0.728. The first kappa shape index (κ1) is 11.9. The maximum atomic E-state index is 11.3. The molecule has 4 nitrogen and oxygen atoms in total. The lowest BCUT2D eigenvalue weighted by molar-refractivity contribution is -0.141. The van der Waals surface area contributed by atoms with Gasteiger partial charge in [-0.3, -0.25) is 4.79 Å². The molecule has 0 aromatic heterocycles. The molecule has 1 aromatic rings. The minimum Gasteiger partial charge on any atom is -0.481 e. The van der Waals surface area contributed by atoms with Crippen molar-refractivity contribution in [3.05, 3.63) is 29.8 Å². The zero-order chi connectivity index (χ0) is 12.4. The van der Waals surface area contributed by atoms with Gasteiger partial charge in [-0.05, 0) is 18.2 Å². The number of carboxylic acid groups (broad SMARTS) is 1. The Balaban J connectivity index is 2.30. The van der Waals surface area contributed by atoms with Gasteiger partial charge in [0.1, 0.15) is 0 Å². The van der Waals surface area contributed by atoms with Crippen molar-refractivity contribution in [1.82, 2.24) is 4.90 Å². The Morgan fingerprint density at radius 1 is 1.47 bits per heavy atom. The van der Waals surface area contributed by atoms with Crippen molar-refractivity contribution in [2.24, 2.45) is 5.92 Å². The van der Waals surface area contributed by atoms with E-state index in [1.54, 1.807) is 0 Å². The number of carboxylic acids is 1. The number of nitrogens with zero attached hydrogens (tertiary/aromatic N) is 1. The lowest BCUT2D eigenvalue weighted by Gasteiger charge is -2.17. The number of benzene rings is 1. The van der Waals surface area contributed by atoms with Gasteiger partial charge in [0.25, 0.3) is 0 Å². The van der Waals surface area contributed by atoms with E-state index < -0.39 is 5.97 Å². The summed E-state index contributed by atoms with van der Waals surface area (Å²) in [6.45, 7) is 4.33. The van der Waals surface area contributed by atoms with E-state index >= 15 is 0 Å². The van der Waals surface area contributed by atoms with Crippen molar-refractivity contribution in [1.29, 1.82) is 0 Å². The van der Waals surface area contributed by atoms with Crippen LogP contribution in [-0.2, 0) is 4.79 Å². The van der Waals surface area contributed by atoms with Crippen LogP contribution in [0, 0.1) is 5.92 Å². The summed E-state index contributed by atoms with van der Waals surface area (Å²) in [6, 6.07) is 7.57. The number of nitrogens with two attached hydrogens (primary N) is 1. The minimum absolute atomic E-state index is 0.00801. The summed E-state index contributed by atoms with van der Waals surface area (Å²) in [5.41, 5.74) is 7.60. The number of para-hydroxylation sites is 1. The number of hydrogen-bond acceptors (Lipinski definition) is 3. The molecular weight excluding hydrogens is 216 g/mol. The Morgan fingerprint density at radius 3 is 2.76 bits per heavy atom. The van der Waals surface area contributed by atoms with E-state index in [-0.39, 0.29) is 11.8 Å². The van der Waals surface area contributed by atoms with E-state index in [9.17, 15) is 9.90 Å². The van der Waals surface area contributed by atoms with Crippen LogP contribution in [0.3, 0.4) is 0 Å². The van der Waals surface area contributed by atoms with Gasteiger partial charge in [-0.1, -0.05) is 25.1 Å². The zero-order valence-corrected chi connectivity index (χ0v) is 9.97. The molecule has 92 valence electrons. The van der Waals surface area contributed by atoms with Gasteiger partial charge < -0.3 is 15.7 Å². The second-order valence-corrected chi connectivity index (χ2v) is 4.53. The van der Waals surface area contributed by atoms with E-state index in [0.717, 1.165) is 18.7 Å². The standard InChI is InChI=1S/C13H18N2O2/c1-2-15-7-10(11(8-15)13(16)17)9-5-3-4-6-12(9)14/h3-6,10-11H,2,7-8,14H2,1H3,(H,16,17). The third-order valence-corrected chi connectivity index (χ3v) is 3.56. The summed E-state index contributed by atoms with van der Waals surface area (Å²) < 4.78 is 0. The highest BCUT2D eigenvalue weighted by molar-refractivity contribution is 5.73. The summed E-state index contributed by atoms with van der Waals surface area (Å²) in [4.78, 5) is 13.5. The van der Waals surface area contributed by atoms with E-state index in [0.29, 0.717) is 12.2 Å². The Hall–Kier alpha value is -1.55. The molecule has 4 heteroatoms. The van der Waals surface area contributed by atoms with Crippen LogP contribution in [0.4, 0.5) is 5.69 Å². The van der Waals surface area contributed by atoms with Gasteiger partial charge in [-0.2, -0.15) is 0 Å². The Labute approximate surface area is 101 Å². The SMILES string of the molecule is CCN1CC(C(=O)O)C(c2ccccc2N)C1. The summed E-state index contributed by atoms with van der Waals surface area (Å²) in [7, 11) is 0. The van der Waals surface area contributed by atoms with Gasteiger partial charge in [-0.25, -0.2) is 0 Å². The third-order valence-electron chi connectivity index (χ3n) is 3.56. The number of likely N-dealkylation sites (tertiary alicyclic amines) is 1. The normalized spacial score (nSPS) is 25.0. The number of likely N-dealkylation sites (N-methyl/N-ethyl adjacent to an activating group) is 1. The highest BCUT2D eigenvalue weighted by Gasteiger charge is 2.38. The molecule has 0 aliphatic carbocycles. The number of aliphatic carboxylic acids is 1. The lowest BCUT2D eigenvalue weighted by Crippen LogP contribution is -2.23. The number of hydrogen-bond donors (Lipinski definition) is 2. The van der Waals surface area contributed by atoms with Crippen molar-refractivity contribution < 1.29 is 9.90 Å². The first-order valence-corrected chi connectivity index (χ1v) is 5.93. The monoisotopic (exact) mass is 234 g/mol. The topological polar surface area (TPSA) is 66.6 Å². The molecule has 2 atom stereocenters. The van der Waals surface area contributed by atoms with Crippen LogP contribution in [0.1, 0.15) is 18.4 Å². The molecule has 1 aliphatic rings. The second kappa shape index (κ2) is 4.75. The largest absolute Gasteiger partial charge is 0.481 e. The highest BCUT2D eigenvalue weighted by Crippen LogP contribution is 2.35. The first-order valence-electron chi connectivity index (χ1n) is 5.93. The fourth-order valence-electron chi connectivity index (χ4n) is 2.56. The molecule has 0 amide bonds. The number of nitrogen functional groups attached to an aromatic ring is 1. The van der Waals surface area contributed by atoms with Crippen LogP contribution in [0.15, 0.2) is 24.3 Å². The van der Waals surface area contributed by atoms with Crippen LogP contribution < -0.4 is 5.73 Å².